The lowest BCUT2D eigenvalue weighted by atomic mass is 10.1. The fourth-order valence-electron chi connectivity index (χ4n) is 1.79. The molecular formula is C13H21N3O. The van der Waals surface area contributed by atoms with Gasteiger partial charge in [-0.2, -0.15) is 0 Å². The molecule has 17 heavy (non-hydrogen) atoms. The van der Waals surface area contributed by atoms with Gasteiger partial charge in [0.05, 0.1) is 11.4 Å². The maximum Gasteiger partial charge on any atom is 0.253 e. The Morgan fingerprint density at radius 1 is 1.24 bits per heavy atom. The van der Waals surface area contributed by atoms with Crippen molar-refractivity contribution < 1.29 is 4.79 Å². The molecule has 94 valence electrons. The lowest BCUT2D eigenvalue weighted by molar-refractivity contribution is 0.0773. The van der Waals surface area contributed by atoms with Crippen LogP contribution >= 0.6 is 0 Å². The first kappa shape index (κ1) is 13.4. The Bertz CT molecular complexity index is 398. The Balaban J connectivity index is 3.01. The Morgan fingerprint density at radius 3 is 2.24 bits per heavy atom. The van der Waals surface area contributed by atoms with Crippen molar-refractivity contribution in [3.63, 3.8) is 0 Å². The lowest BCUT2D eigenvalue weighted by Gasteiger charge is -2.20. The number of nitrogens with two attached hydrogens (primary N) is 1. The molecule has 0 unspecified atom stereocenters. The summed E-state index contributed by atoms with van der Waals surface area (Å²) in [6.07, 6.45) is 0. The summed E-state index contributed by atoms with van der Waals surface area (Å²) in [6, 6.07) is 5.45. The van der Waals surface area contributed by atoms with Crippen LogP contribution in [0.5, 0.6) is 0 Å². The predicted octanol–water partition coefficient (Wildman–Crippen LogP) is 1.82. The molecule has 1 aromatic carbocycles. The van der Waals surface area contributed by atoms with E-state index in [-0.39, 0.29) is 5.91 Å². The molecule has 0 aliphatic rings. The van der Waals surface area contributed by atoms with E-state index in [0.29, 0.717) is 24.3 Å². The zero-order valence-corrected chi connectivity index (χ0v) is 11.0. The fourth-order valence-corrected chi connectivity index (χ4v) is 1.79. The molecule has 0 radical (unpaired) electrons. The highest BCUT2D eigenvalue weighted by Gasteiger charge is 2.13. The molecule has 0 aliphatic heterocycles. The second-order valence-electron chi connectivity index (χ2n) is 4.15. The van der Waals surface area contributed by atoms with Crippen LogP contribution in [0.15, 0.2) is 18.2 Å². The summed E-state index contributed by atoms with van der Waals surface area (Å²) in [5.41, 5.74) is 8.14. The molecule has 0 saturated heterocycles. The number of benzene rings is 1. The van der Waals surface area contributed by atoms with Crippen molar-refractivity contribution >= 4 is 17.3 Å². The Kier molecular flexibility index (Phi) is 4.37. The van der Waals surface area contributed by atoms with Crippen LogP contribution in [0.25, 0.3) is 0 Å². The van der Waals surface area contributed by atoms with Gasteiger partial charge in [0.1, 0.15) is 0 Å². The van der Waals surface area contributed by atoms with Crippen LogP contribution < -0.4 is 10.6 Å². The minimum Gasteiger partial charge on any atom is -0.397 e. The number of carbonyl (C=O) groups excluding carboxylic acids is 1. The van der Waals surface area contributed by atoms with Gasteiger partial charge in [-0.25, -0.2) is 0 Å². The number of rotatable bonds is 4. The number of anilines is 2. The van der Waals surface area contributed by atoms with Crippen LogP contribution in [-0.2, 0) is 0 Å². The normalized spacial score (nSPS) is 10.1. The number of hydrogen-bond donors (Lipinski definition) is 1. The number of nitrogen functional groups attached to an aromatic ring is 1. The van der Waals surface area contributed by atoms with E-state index < -0.39 is 0 Å². The van der Waals surface area contributed by atoms with Gasteiger partial charge in [-0.3, -0.25) is 4.79 Å². The number of carbonyl (C=O) groups is 1. The molecule has 0 spiro atoms. The van der Waals surface area contributed by atoms with Crippen molar-refractivity contribution in [3.05, 3.63) is 23.8 Å². The van der Waals surface area contributed by atoms with Crippen molar-refractivity contribution in [2.45, 2.75) is 13.8 Å². The number of nitrogens with zero attached hydrogens (tertiary/aromatic N) is 2. The molecule has 0 bridgehead atoms. The molecule has 1 rings (SSSR count). The molecule has 0 heterocycles. The van der Waals surface area contributed by atoms with Gasteiger partial charge in [-0.05, 0) is 32.0 Å². The molecule has 2 N–H and O–H groups in total. The SMILES string of the molecule is CCN(CC)C(=O)c1ccc(N(C)C)c(N)c1. The monoisotopic (exact) mass is 235 g/mol. The first-order valence-electron chi connectivity index (χ1n) is 5.87. The first-order chi connectivity index (χ1) is 8.01. The molecule has 0 fully saturated rings. The Morgan fingerprint density at radius 2 is 1.82 bits per heavy atom. The van der Waals surface area contributed by atoms with Gasteiger partial charge in [0.15, 0.2) is 0 Å². The highest BCUT2D eigenvalue weighted by molar-refractivity contribution is 5.96. The van der Waals surface area contributed by atoms with Crippen LogP contribution in [0, 0.1) is 0 Å². The first-order valence-corrected chi connectivity index (χ1v) is 5.87. The highest BCUT2D eigenvalue weighted by atomic mass is 16.2. The maximum atomic E-state index is 12.1. The average molecular weight is 235 g/mol. The summed E-state index contributed by atoms with van der Waals surface area (Å²) >= 11 is 0. The molecule has 1 amide bonds. The second-order valence-corrected chi connectivity index (χ2v) is 4.15. The number of hydrogen-bond acceptors (Lipinski definition) is 3. The van der Waals surface area contributed by atoms with Crippen molar-refractivity contribution in [2.75, 3.05) is 37.8 Å². The van der Waals surface area contributed by atoms with Gasteiger partial charge in [-0.1, -0.05) is 0 Å². The second kappa shape index (κ2) is 5.57. The molecule has 0 saturated carbocycles. The fraction of sp³-hybridized carbons (Fsp3) is 0.462. The molecule has 0 aromatic heterocycles. The van der Waals surface area contributed by atoms with E-state index in [1.54, 1.807) is 11.0 Å². The minimum absolute atomic E-state index is 0.0343. The Labute approximate surface area is 103 Å². The summed E-state index contributed by atoms with van der Waals surface area (Å²) in [6.45, 7) is 5.37. The summed E-state index contributed by atoms with van der Waals surface area (Å²) in [5.74, 6) is 0.0343. The molecular weight excluding hydrogens is 214 g/mol. The van der Waals surface area contributed by atoms with Gasteiger partial charge in [0.2, 0.25) is 0 Å². The molecule has 4 nitrogen and oxygen atoms in total. The van der Waals surface area contributed by atoms with E-state index in [2.05, 4.69) is 0 Å². The van der Waals surface area contributed by atoms with E-state index in [1.807, 2.05) is 45.0 Å². The molecule has 4 heteroatoms. The standard InChI is InChI=1S/C13H21N3O/c1-5-16(6-2)13(17)10-7-8-12(15(3)4)11(14)9-10/h7-9H,5-6,14H2,1-4H3. The zero-order valence-electron chi connectivity index (χ0n) is 11.0. The van der Waals surface area contributed by atoms with Gasteiger partial charge < -0.3 is 15.5 Å². The van der Waals surface area contributed by atoms with E-state index in [9.17, 15) is 4.79 Å². The van der Waals surface area contributed by atoms with E-state index in [0.717, 1.165) is 5.69 Å². The van der Waals surface area contributed by atoms with Gasteiger partial charge in [-0.15, -0.1) is 0 Å². The van der Waals surface area contributed by atoms with Gasteiger partial charge >= 0.3 is 0 Å². The van der Waals surface area contributed by atoms with Crippen LogP contribution in [0.2, 0.25) is 0 Å². The summed E-state index contributed by atoms with van der Waals surface area (Å²) in [4.78, 5) is 15.8. The van der Waals surface area contributed by atoms with Crippen molar-refractivity contribution in [3.8, 4) is 0 Å². The van der Waals surface area contributed by atoms with Crippen molar-refractivity contribution in [1.29, 1.82) is 0 Å². The van der Waals surface area contributed by atoms with Crippen LogP contribution in [-0.4, -0.2) is 38.0 Å². The Hall–Kier alpha value is -1.71. The lowest BCUT2D eigenvalue weighted by Crippen LogP contribution is -2.30. The molecule has 1 aromatic rings. The quantitative estimate of drug-likeness (QED) is 0.810. The topological polar surface area (TPSA) is 49.6 Å². The summed E-state index contributed by atoms with van der Waals surface area (Å²) in [7, 11) is 3.86. The van der Waals surface area contributed by atoms with E-state index in [4.69, 9.17) is 5.73 Å². The van der Waals surface area contributed by atoms with Crippen LogP contribution in [0.3, 0.4) is 0 Å². The third-order valence-electron chi connectivity index (χ3n) is 2.81. The van der Waals surface area contributed by atoms with Crippen molar-refractivity contribution in [2.24, 2.45) is 0 Å². The molecule has 0 atom stereocenters. The third-order valence-corrected chi connectivity index (χ3v) is 2.81. The largest absolute Gasteiger partial charge is 0.397 e. The van der Waals surface area contributed by atoms with E-state index in [1.165, 1.54) is 0 Å². The van der Waals surface area contributed by atoms with Gasteiger partial charge in [0, 0.05) is 32.7 Å². The van der Waals surface area contributed by atoms with Crippen LogP contribution in [0.4, 0.5) is 11.4 Å². The van der Waals surface area contributed by atoms with Crippen LogP contribution in [0.1, 0.15) is 24.2 Å². The molecule has 0 aliphatic carbocycles. The minimum atomic E-state index is 0.0343. The highest BCUT2D eigenvalue weighted by Crippen LogP contribution is 2.22. The summed E-state index contributed by atoms with van der Waals surface area (Å²) < 4.78 is 0. The number of amides is 1. The van der Waals surface area contributed by atoms with Gasteiger partial charge in [0.25, 0.3) is 5.91 Å². The predicted molar refractivity (Wildman–Crippen MR) is 72.4 cm³/mol. The smallest absolute Gasteiger partial charge is 0.253 e. The van der Waals surface area contributed by atoms with Crippen molar-refractivity contribution in [1.82, 2.24) is 4.90 Å². The zero-order chi connectivity index (χ0) is 13.0. The third kappa shape index (κ3) is 2.90. The maximum absolute atomic E-state index is 12.1. The average Bonchev–Trinajstić information content (AvgIpc) is 2.29. The van der Waals surface area contributed by atoms with E-state index >= 15 is 0 Å². The summed E-state index contributed by atoms with van der Waals surface area (Å²) in [5, 5.41) is 0.